The molecule has 2 heterocycles. The number of benzene rings is 4. The van der Waals surface area contributed by atoms with Crippen LogP contribution in [0.25, 0.3) is 40.1 Å². The number of halogens is 1. The van der Waals surface area contributed by atoms with Gasteiger partial charge in [-0.25, -0.2) is 4.98 Å². The van der Waals surface area contributed by atoms with Gasteiger partial charge in [-0.3, -0.25) is 4.40 Å². The molecule has 0 aliphatic rings. The lowest BCUT2D eigenvalue weighted by atomic mass is 10.0. The SMILES string of the molecule is N#Cc1c(C=Cc2ccc(OCc3ccccc3)cc2)cc(-c2ccc(Br)cc2)n2c1nc1ccccc12. The van der Waals surface area contributed by atoms with Gasteiger partial charge in [0.2, 0.25) is 0 Å². The molecule has 0 fully saturated rings. The molecule has 38 heavy (non-hydrogen) atoms. The number of rotatable bonds is 6. The van der Waals surface area contributed by atoms with Crippen molar-refractivity contribution in [2.45, 2.75) is 6.61 Å². The zero-order chi connectivity index (χ0) is 25.9. The van der Waals surface area contributed by atoms with E-state index >= 15 is 0 Å². The van der Waals surface area contributed by atoms with Crippen molar-refractivity contribution in [2.75, 3.05) is 0 Å². The number of nitrogens with zero attached hydrogens (tertiary/aromatic N) is 3. The van der Waals surface area contributed by atoms with E-state index in [1.807, 2.05) is 103 Å². The number of aromatic nitrogens is 2. The highest BCUT2D eigenvalue weighted by Crippen LogP contribution is 2.31. The minimum absolute atomic E-state index is 0.527. The molecule has 0 aliphatic carbocycles. The average molecular weight is 556 g/mol. The molecule has 0 N–H and O–H groups in total. The first-order chi connectivity index (χ1) is 18.7. The minimum atomic E-state index is 0.527. The number of para-hydroxylation sites is 2. The number of imidazole rings is 1. The number of nitriles is 1. The Morgan fingerprint density at radius 1 is 0.842 bits per heavy atom. The molecular formula is C33H22BrN3O. The van der Waals surface area contributed by atoms with Crippen LogP contribution in [-0.2, 0) is 6.61 Å². The van der Waals surface area contributed by atoms with Gasteiger partial charge in [-0.1, -0.05) is 94.8 Å². The fourth-order valence-corrected chi connectivity index (χ4v) is 4.80. The highest BCUT2D eigenvalue weighted by molar-refractivity contribution is 9.10. The molecule has 0 bridgehead atoms. The molecular weight excluding hydrogens is 534 g/mol. The van der Waals surface area contributed by atoms with E-state index in [1.54, 1.807) is 0 Å². The maximum absolute atomic E-state index is 10.2. The second-order valence-corrected chi connectivity index (χ2v) is 9.83. The zero-order valence-electron chi connectivity index (χ0n) is 20.4. The summed E-state index contributed by atoms with van der Waals surface area (Å²) in [6.07, 6.45) is 4.00. The summed E-state index contributed by atoms with van der Waals surface area (Å²) in [5.74, 6) is 0.812. The first-order valence-electron chi connectivity index (χ1n) is 12.2. The predicted octanol–water partition coefficient (Wildman–Crippen LogP) is 8.54. The van der Waals surface area contributed by atoms with Gasteiger partial charge in [0.25, 0.3) is 0 Å². The summed E-state index contributed by atoms with van der Waals surface area (Å²) < 4.78 is 9.00. The number of hydrogen-bond donors (Lipinski definition) is 0. The van der Waals surface area contributed by atoms with Crippen LogP contribution < -0.4 is 4.74 Å². The Bertz CT molecular complexity index is 1810. The molecule has 0 saturated carbocycles. The summed E-state index contributed by atoms with van der Waals surface area (Å²) in [7, 11) is 0. The smallest absolute Gasteiger partial charge is 0.157 e. The Morgan fingerprint density at radius 3 is 2.34 bits per heavy atom. The highest BCUT2D eigenvalue weighted by Gasteiger charge is 2.17. The van der Waals surface area contributed by atoms with E-state index in [2.05, 4.69) is 44.6 Å². The van der Waals surface area contributed by atoms with Crippen molar-refractivity contribution in [3.63, 3.8) is 0 Å². The van der Waals surface area contributed by atoms with Gasteiger partial charge >= 0.3 is 0 Å². The molecule has 6 aromatic rings. The predicted molar refractivity (Wildman–Crippen MR) is 157 cm³/mol. The highest BCUT2D eigenvalue weighted by atomic mass is 79.9. The van der Waals surface area contributed by atoms with Crippen molar-refractivity contribution >= 4 is 44.8 Å². The van der Waals surface area contributed by atoms with Crippen LogP contribution in [-0.4, -0.2) is 9.38 Å². The summed E-state index contributed by atoms with van der Waals surface area (Å²) in [6.45, 7) is 0.527. The summed E-state index contributed by atoms with van der Waals surface area (Å²) in [6, 6.07) is 38.7. The molecule has 0 amide bonds. The zero-order valence-corrected chi connectivity index (χ0v) is 22.0. The fourth-order valence-electron chi connectivity index (χ4n) is 4.53. The van der Waals surface area contributed by atoms with Crippen molar-refractivity contribution in [1.82, 2.24) is 9.38 Å². The summed E-state index contributed by atoms with van der Waals surface area (Å²) in [5, 5.41) is 10.2. The van der Waals surface area contributed by atoms with Gasteiger partial charge in [0, 0.05) is 4.47 Å². The van der Waals surface area contributed by atoms with Gasteiger partial charge in [-0.05, 0) is 64.7 Å². The van der Waals surface area contributed by atoms with E-state index in [0.29, 0.717) is 17.8 Å². The Hall–Kier alpha value is -4.66. The molecule has 0 saturated heterocycles. The molecule has 0 spiro atoms. The minimum Gasteiger partial charge on any atom is -0.489 e. The first kappa shape index (κ1) is 23.7. The topological polar surface area (TPSA) is 50.3 Å². The third kappa shape index (κ3) is 4.70. The Labute approximate surface area is 229 Å². The summed E-state index contributed by atoms with van der Waals surface area (Å²) in [5.41, 5.74) is 8.00. The number of fused-ring (bicyclic) bond motifs is 3. The second-order valence-electron chi connectivity index (χ2n) is 8.91. The van der Waals surface area contributed by atoms with E-state index in [9.17, 15) is 5.26 Å². The third-order valence-electron chi connectivity index (χ3n) is 6.44. The lowest BCUT2D eigenvalue weighted by Gasteiger charge is -2.11. The van der Waals surface area contributed by atoms with E-state index in [0.717, 1.165) is 49.2 Å². The quantitative estimate of drug-likeness (QED) is 0.207. The van der Waals surface area contributed by atoms with Crippen LogP contribution in [0.5, 0.6) is 5.75 Å². The van der Waals surface area contributed by atoms with Gasteiger partial charge in [-0.15, -0.1) is 0 Å². The second kappa shape index (κ2) is 10.4. The van der Waals surface area contributed by atoms with Crippen LogP contribution in [0.1, 0.15) is 22.3 Å². The van der Waals surface area contributed by atoms with Crippen molar-refractivity contribution in [3.05, 3.63) is 136 Å². The van der Waals surface area contributed by atoms with Crippen molar-refractivity contribution in [3.8, 4) is 23.1 Å². The molecule has 0 unspecified atom stereocenters. The molecule has 0 atom stereocenters. The number of ether oxygens (including phenoxy) is 1. The normalized spacial score (nSPS) is 11.3. The van der Waals surface area contributed by atoms with Gasteiger partial charge in [0.1, 0.15) is 24.0 Å². The van der Waals surface area contributed by atoms with Crippen molar-refractivity contribution in [2.24, 2.45) is 0 Å². The lowest BCUT2D eigenvalue weighted by molar-refractivity contribution is 0.306. The molecule has 5 heteroatoms. The van der Waals surface area contributed by atoms with Crippen LogP contribution in [0.4, 0.5) is 0 Å². The molecule has 4 nitrogen and oxygen atoms in total. The third-order valence-corrected chi connectivity index (χ3v) is 6.97. The van der Waals surface area contributed by atoms with Crippen LogP contribution in [0, 0.1) is 11.3 Å². The van der Waals surface area contributed by atoms with Gasteiger partial charge in [0.15, 0.2) is 5.65 Å². The molecule has 4 aromatic carbocycles. The average Bonchev–Trinajstić information content (AvgIpc) is 3.35. The van der Waals surface area contributed by atoms with Gasteiger partial charge < -0.3 is 4.74 Å². The summed E-state index contributed by atoms with van der Waals surface area (Å²) in [4.78, 5) is 4.84. The van der Waals surface area contributed by atoms with E-state index < -0.39 is 0 Å². The van der Waals surface area contributed by atoms with Crippen LogP contribution in [0.3, 0.4) is 0 Å². The first-order valence-corrected chi connectivity index (χ1v) is 13.0. The lowest BCUT2D eigenvalue weighted by Crippen LogP contribution is -1.98. The Balaban J connectivity index is 1.37. The molecule has 2 aromatic heterocycles. The molecule has 182 valence electrons. The van der Waals surface area contributed by atoms with Crippen LogP contribution >= 0.6 is 15.9 Å². The van der Waals surface area contributed by atoms with Crippen molar-refractivity contribution in [1.29, 1.82) is 5.26 Å². The van der Waals surface area contributed by atoms with E-state index in [-0.39, 0.29) is 0 Å². The Morgan fingerprint density at radius 2 is 1.58 bits per heavy atom. The fraction of sp³-hybridized carbons (Fsp3) is 0.0303. The number of pyridine rings is 1. The maximum atomic E-state index is 10.2. The van der Waals surface area contributed by atoms with E-state index in [1.165, 1.54) is 0 Å². The maximum Gasteiger partial charge on any atom is 0.157 e. The van der Waals surface area contributed by atoms with Crippen LogP contribution in [0.2, 0.25) is 0 Å². The van der Waals surface area contributed by atoms with Crippen LogP contribution in [0.15, 0.2) is 114 Å². The molecule has 6 rings (SSSR count). The largest absolute Gasteiger partial charge is 0.489 e. The number of hydrogen-bond acceptors (Lipinski definition) is 3. The summed E-state index contributed by atoms with van der Waals surface area (Å²) >= 11 is 3.53. The van der Waals surface area contributed by atoms with Crippen molar-refractivity contribution < 1.29 is 4.74 Å². The van der Waals surface area contributed by atoms with Gasteiger partial charge in [0.05, 0.1) is 16.7 Å². The standard InChI is InChI=1S/C33H22BrN3O/c34-27-16-14-25(15-17-27)32-20-26(29(21-35)33-36-30-8-4-5-9-31(30)37(32)33)13-10-23-11-18-28(19-12-23)38-22-24-6-2-1-3-7-24/h1-20H,22H2. The monoisotopic (exact) mass is 555 g/mol. The molecule has 0 radical (unpaired) electrons. The van der Waals surface area contributed by atoms with Gasteiger partial charge in [-0.2, -0.15) is 5.26 Å². The molecule has 0 aliphatic heterocycles. The Kier molecular flexibility index (Phi) is 6.47. The van der Waals surface area contributed by atoms with E-state index in [4.69, 9.17) is 9.72 Å².